The van der Waals surface area contributed by atoms with E-state index in [2.05, 4.69) is 36.2 Å². The minimum Gasteiger partial charge on any atom is -0.315 e. The summed E-state index contributed by atoms with van der Waals surface area (Å²) in [5, 5.41) is 5.16. The number of hydrogen-bond acceptors (Lipinski definition) is 4. The number of nitrogens with zero attached hydrogens (tertiary/aromatic N) is 2. The monoisotopic (exact) mass is 237 g/mol. The summed E-state index contributed by atoms with van der Waals surface area (Å²) in [6.07, 6.45) is 5.97. The minimum absolute atomic E-state index is 0.388. The Labute approximate surface area is 101 Å². The maximum absolute atomic E-state index is 4.28. The van der Waals surface area contributed by atoms with E-state index in [1.807, 2.05) is 24.0 Å². The molecule has 0 aromatic carbocycles. The van der Waals surface area contributed by atoms with E-state index in [1.54, 1.807) is 6.33 Å². The van der Waals surface area contributed by atoms with Crippen molar-refractivity contribution in [1.29, 1.82) is 0 Å². The van der Waals surface area contributed by atoms with E-state index in [0.29, 0.717) is 16.7 Å². The van der Waals surface area contributed by atoms with Crippen LogP contribution in [-0.4, -0.2) is 28.3 Å². The highest BCUT2D eigenvalue weighted by Crippen LogP contribution is 2.44. The third kappa shape index (κ3) is 2.38. The molecule has 0 spiro atoms. The summed E-state index contributed by atoms with van der Waals surface area (Å²) in [5.41, 5.74) is 0.388. The maximum atomic E-state index is 4.28. The molecular weight excluding hydrogens is 218 g/mol. The summed E-state index contributed by atoms with van der Waals surface area (Å²) in [4.78, 5) is 8.23. The molecule has 16 heavy (non-hydrogen) atoms. The van der Waals surface area contributed by atoms with Gasteiger partial charge in [-0.25, -0.2) is 9.97 Å². The van der Waals surface area contributed by atoms with Crippen LogP contribution in [0.5, 0.6) is 0 Å². The SMILES string of the molecule is CNC1C(Sc2ccncn2)CCC1(C)C. The van der Waals surface area contributed by atoms with Gasteiger partial charge in [-0.05, 0) is 31.4 Å². The lowest BCUT2D eigenvalue weighted by atomic mass is 9.87. The molecule has 1 aromatic heterocycles. The van der Waals surface area contributed by atoms with Crippen LogP contribution in [0.3, 0.4) is 0 Å². The zero-order valence-electron chi connectivity index (χ0n) is 10.1. The third-order valence-electron chi connectivity index (χ3n) is 3.42. The van der Waals surface area contributed by atoms with E-state index in [4.69, 9.17) is 0 Å². The molecule has 0 bridgehead atoms. The summed E-state index contributed by atoms with van der Waals surface area (Å²) in [6.45, 7) is 4.68. The Hall–Kier alpha value is -0.610. The predicted octanol–water partition coefficient (Wildman–Crippen LogP) is 2.35. The average molecular weight is 237 g/mol. The summed E-state index contributed by atoms with van der Waals surface area (Å²) in [6, 6.07) is 2.55. The second-order valence-electron chi connectivity index (χ2n) is 5.00. The summed E-state index contributed by atoms with van der Waals surface area (Å²) in [5.74, 6) is 0. The van der Waals surface area contributed by atoms with Crippen molar-refractivity contribution in [3.05, 3.63) is 18.6 Å². The van der Waals surface area contributed by atoms with Crippen LogP contribution in [0, 0.1) is 5.41 Å². The van der Waals surface area contributed by atoms with Crippen LogP contribution in [0.15, 0.2) is 23.6 Å². The molecule has 2 rings (SSSR count). The van der Waals surface area contributed by atoms with E-state index in [9.17, 15) is 0 Å². The molecule has 2 atom stereocenters. The zero-order valence-corrected chi connectivity index (χ0v) is 10.9. The van der Waals surface area contributed by atoms with Gasteiger partial charge >= 0.3 is 0 Å². The standard InChI is InChI=1S/C12H19N3S/c1-12(2)6-4-9(11(12)13-3)16-10-5-7-14-8-15-10/h5,7-9,11,13H,4,6H2,1-3H3. The summed E-state index contributed by atoms with van der Waals surface area (Å²) >= 11 is 1.87. The highest BCUT2D eigenvalue weighted by Gasteiger charge is 2.41. The Morgan fingerprint density at radius 3 is 2.94 bits per heavy atom. The topological polar surface area (TPSA) is 37.8 Å². The molecule has 1 saturated carbocycles. The molecule has 4 heteroatoms. The normalized spacial score (nSPS) is 28.2. The van der Waals surface area contributed by atoms with Gasteiger partial charge in [0.1, 0.15) is 6.33 Å². The van der Waals surface area contributed by atoms with Gasteiger partial charge in [-0.15, -0.1) is 11.8 Å². The molecule has 0 aliphatic heterocycles. The lowest BCUT2D eigenvalue weighted by Crippen LogP contribution is -2.41. The van der Waals surface area contributed by atoms with Crippen LogP contribution >= 0.6 is 11.8 Å². The van der Waals surface area contributed by atoms with Gasteiger partial charge in [0.15, 0.2) is 0 Å². The molecule has 3 nitrogen and oxygen atoms in total. The number of hydrogen-bond donors (Lipinski definition) is 1. The first-order valence-electron chi connectivity index (χ1n) is 5.73. The minimum atomic E-state index is 0.388. The largest absolute Gasteiger partial charge is 0.315 e. The average Bonchev–Trinajstić information content (AvgIpc) is 2.55. The van der Waals surface area contributed by atoms with E-state index in [0.717, 1.165) is 5.03 Å². The number of aromatic nitrogens is 2. The lowest BCUT2D eigenvalue weighted by Gasteiger charge is -2.29. The molecule has 2 unspecified atom stereocenters. The van der Waals surface area contributed by atoms with E-state index in [-0.39, 0.29) is 0 Å². The smallest absolute Gasteiger partial charge is 0.116 e. The second kappa shape index (κ2) is 4.72. The molecule has 1 aliphatic rings. The molecule has 1 N–H and O–H groups in total. The molecular formula is C12H19N3S. The van der Waals surface area contributed by atoms with Crippen molar-refractivity contribution in [2.75, 3.05) is 7.05 Å². The Kier molecular flexibility index (Phi) is 3.50. The number of rotatable bonds is 3. The predicted molar refractivity (Wildman–Crippen MR) is 67.5 cm³/mol. The van der Waals surface area contributed by atoms with Crippen molar-refractivity contribution >= 4 is 11.8 Å². The van der Waals surface area contributed by atoms with Crippen molar-refractivity contribution in [3.8, 4) is 0 Å². The third-order valence-corrected chi connectivity index (χ3v) is 4.72. The van der Waals surface area contributed by atoms with E-state index in [1.165, 1.54) is 12.8 Å². The molecule has 88 valence electrons. The fourth-order valence-corrected chi connectivity index (χ4v) is 3.98. The van der Waals surface area contributed by atoms with Crippen LogP contribution in [0.2, 0.25) is 0 Å². The van der Waals surface area contributed by atoms with Crippen molar-refractivity contribution in [2.45, 2.75) is 43.0 Å². The van der Waals surface area contributed by atoms with Crippen LogP contribution < -0.4 is 5.32 Å². The van der Waals surface area contributed by atoms with Crippen molar-refractivity contribution in [1.82, 2.24) is 15.3 Å². The fraction of sp³-hybridized carbons (Fsp3) is 0.667. The fourth-order valence-electron chi connectivity index (χ4n) is 2.55. The van der Waals surface area contributed by atoms with Gasteiger partial charge in [0.25, 0.3) is 0 Å². The van der Waals surface area contributed by atoms with Crippen LogP contribution in [0.4, 0.5) is 0 Å². The molecule has 1 fully saturated rings. The molecule has 1 aliphatic carbocycles. The van der Waals surface area contributed by atoms with E-state index >= 15 is 0 Å². The maximum Gasteiger partial charge on any atom is 0.116 e. The Morgan fingerprint density at radius 1 is 1.50 bits per heavy atom. The van der Waals surface area contributed by atoms with Gasteiger partial charge < -0.3 is 5.32 Å². The summed E-state index contributed by atoms with van der Waals surface area (Å²) in [7, 11) is 2.06. The van der Waals surface area contributed by atoms with Crippen LogP contribution in [0.25, 0.3) is 0 Å². The van der Waals surface area contributed by atoms with Gasteiger partial charge in [-0.1, -0.05) is 13.8 Å². The van der Waals surface area contributed by atoms with Gasteiger partial charge in [0, 0.05) is 17.5 Å². The quantitative estimate of drug-likeness (QED) is 0.819. The lowest BCUT2D eigenvalue weighted by molar-refractivity contribution is 0.300. The second-order valence-corrected chi connectivity index (χ2v) is 6.26. The van der Waals surface area contributed by atoms with Gasteiger partial charge in [0.2, 0.25) is 0 Å². The van der Waals surface area contributed by atoms with Crippen molar-refractivity contribution < 1.29 is 0 Å². The molecule has 0 radical (unpaired) electrons. The van der Waals surface area contributed by atoms with Gasteiger partial charge in [-0.3, -0.25) is 0 Å². The molecule has 1 aromatic rings. The Morgan fingerprint density at radius 2 is 2.31 bits per heavy atom. The highest BCUT2D eigenvalue weighted by molar-refractivity contribution is 7.99. The molecule has 1 heterocycles. The zero-order chi connectivity index (χ0) is 11.6. The first-order chi connectivity index (χ1) is 7.63. The Balaban J connectivity index is 2.06. The van der Waals surface area contributed by atoms with E-state index < -0.39 is 0 Å². The first-order valence-corrected chi connectivity index (χ1v) is 6.61. The van der Waals surface area contributed by atoms with Gasteiger partial charge in [-0.2, -0.15) is 0 Å². The first kappa shape index (κ1) is 11.9. The Bertz CT molecular complexity index is 339. The molecule has 0 saturated heterocycles. The molecule has 0 amide bonds. The number of nitrogens with one attached hydrogen (secondary N) is 1. The van der Waals surface area contributed by atoms with Crippen molar-refractivity contribution in [2.24, 2.45) is 5.41 Å². The highest BCUT2D eigenvalue weighted by atomic mass is 32.2. The van der Waals surface area contributed by atoms with Crippen LogP contribution in [0.1, 0.15) is 26.7 Å². The van der Waals surface area contributed by atoms with Crippen molar-refractivity contribution in [3.63, 3.8) is 0 Å². The van der Waals surface area contributed by atoms with Gasteiger partial charge in [0.05, 0.1) is 5.03 Å². The van der Waals surface area contributed by atoms with Crippen LogP contribution in [-0.2, 0) is 0 Å². The summed E-state index contributed by atoms with van der Waals surface area (Å²) < 4.78 is 0. The number of thioether (sulfide) groups is 1.